The van der Waals surface area contributed by atoms with Gasteiger partial charge in [0.15, 0.2) is 0 Å². The number of halogens is 1. The van der Waals surface area contributed by atoms with Crippen molar-refractivity contribution in [3.63, 3.8) is 0 Å². The zero-order valence-electron chi connectivity index (χ0n) is 10.8. The van der Waals surface area contributed by atoms with Crippen molar-refractivity contribution in [1.29, 1.82) is 0 Å². The van der Waals surface area contributed by atoms with Crippen LogP contribution < -0.4 is 11.1 Å². The Balaban J connectivity index is 2.00. The predicted molar refractivity (Wildman–Crippen MR) is 76.6 cm³/mol. The molecular formula is C15H18FN3. The van der Waals surface area contributed by atoms with E-state index in [4.69, 9.17) is 5.73 Å². The quantitative estimate of drug-likeness (QED) is 0.808. The molecule has 1 heterocycles. The van der Waals surface area contributed by atoms with Crippen LogP contribution in [0.3, 0.4) is 0 Å². The molecule has 1 aliphatic rings. The highest BCUT2D eigenvalue weighted by Crippen LogP contribution is 2.31. The van der Waals surface area contributed by atoms with Crippen LogP contribution in [0.25, 0.3) is 10.8 Å². The smallest absolute Gasteiger partial charge is 0.136 e. The Kier molecular flexibility index (Phi) is 3.23. The average molecular weight is 259 g/mol. The first-order chi connectivity index (χ1) is 9.25. The molecule has 0 bridgehead atoms. The van der Waals surface area contributed by atoms with Gasteiger partial charge in [0.2, 0.25) is 0 Å². The number of aromatic nitrogens is 1. The standard InChI is InChI=1S/C15H18FN3/c16-12-6-7-13(17)14-11(12)8-9-18-15(14)19-10-4-2-1-3-5-10/h6-10H,1-5,17H2,(H,18,19). The largest absolute Gasteiger partial charge is 0.398 e. The molecule has 1 aromatic carbocycles. The van der Waals surface area contributed by atoms with Crippen molar-refractivity contribution >= 4 is 22.3 Å². The molecule has 1 aromatic heterocycles. The van der Waals surface area contributed by atoms with Crippen LogP contribution in [0.15, 0.2) is 24.4 Å². The number of nitrogens with one attached hydrogen (secondary N) is 1. The highest BCUT2D eigenvalue weighted by Gasteiger charge is 2.16. The van der Waals surface area contributed by atoms with Gasteiger partial charge in [-0.15, -0.1) is 0 Å². The van der Waals surface area contributed by atoms with Gasteiger partial charge in [-0.2, -0.15) is 0 Å². The van der Waals surface area contributed by atoms with Crippen molar-refractivity contribution in [2.45, 2.75) is 38.1 Å². The minimum absolute atomic E-state index is 0.252. The van der Waals surface area contributed by atoms with Crippen molar-refractivity contribution < 1.29 is 4.39 Å². The van der Waals surface area contributed by atoms with E-state index in [1.54, 1.807) is 18.3 Å². The van der Waals surface area contributed by atoms with Crippen molar-refractivity contribution in [1.82, 2.24) is 4.98 Å². The summed E-state index contributed by atoms with van der Waals surface area (Å²) < 4.78 is 13.8. The number of pyridine rings is 1. The predicted octanol–water partition coefficient (Wildman–Crippen LogP) is 3.70. The first-order valence-electron chi connectivity index (χ1n) is 6.85. The third-order valence-corrected chi connectivity index (χ3v) is 3.85. The van der Waals surface area contributed by atoms with E-state index in [1.807, 2.05) is 0 Å². The zero-order chi connectivity index (χ0) is 13.2. The van der Waals surface area contributed by atoms with E-state index >= 15 is 0 Å². The van der Waals surface area contributed by atoms with E-state index in [-0.39, 0.29) is 5.82 Å². The molecule has 0 saturated heterocycles. The van der Waals surface area contributed by atoms with Gasteiger partial charge in [-0.1, -0.05) is 19.3 Å². The molecular weight excluding hydrogens is 241 g/mol. The Morgan fingerprint density at radius 3 is 2.74 bits per heavy atom. The number of nitrogens with zero attached hydrogens (tertiary/aromatic N) is 1. The van der Waals surface area contributed by atoms with Crippen LogP contribution in [0.1, 0.15) is 32.1 Å². The van der Waals surface area contributed by atoms with Crippen LogP contribution in [0, 0.1) is 5.82 Å². The van der Waals surface area contributed by atoms with Gasteiger partial charge in [0.1, 0.15) is 11.6 Å². The van der Waals surface area contributed by atoms with Gasteiger partial charge in [-0.25, -0.2) is 9.37 Å². The van der Waals surface area contributed by atoms with Crippen LogP contribution >= 0.6 is 0 Å². The van der Waals surface area contributed by atoms with E-state index in [1.165, 1.54) is 25.3 Å². The monoisotopic (exact) mass is 259 g/mol. The topological polar surface area (TPSA) is 50.9 Å². The lowest BCUT2D eigenvalue weighted by atomic mass is 9.95. The van der Waals surface area contributed by atoms with Gasteiger partial charge >= 0.3 is 0 Å². The molecule has 3 nitrogen and oxygen atoms in total. The molecule has 0 unspecified atom stereocenters. The van der Waals surface area contributed by atoms with E-state index in [0.717, 1.165) is 12.8 Å². The van der Waals surface area contributed by atoms with E-state index in [9.17, 15) is 4.39 Å². The SMILES string of the molecule is Nc1ccc(F)c2ccnc(NC3CCCCC3)c12. The molecule has 19 heavy (non-hydrogen) atoms. The summed E-state index contributed by atoms with van der Waals surface area (Å²) in [4.78, 5) is 4.35. The molecule has 1 saturated carbocycles. The Bertz CT molecular complexity index is 591. The van der Waals surface area contributed by atoms with E-state index in [2.05, 4.69) is 10.3 Å². The Hall–Kier alpha value is -1.84. The Labute approximate surface area is 112 Å². The number of rotatable bonds is 2. The molecule has 1 aliphatic carbocycles. The highest BCUT2D eigenvalue weighted by molar-refractivity contribution is 6.01. The number of benzene rings is 1. The second kappa shape index (κ2) is 5.03. The maximum Gasteiger partial charge on any atom is 0.136 e. The molecule has 100 valence electrons. The van der Waals surface area contributed by atoms with Gasteiger partial charge < -0.3 is 11.1 Å². The number of nitrogens with two attached hydrogens (primary N) is 1. The number of hydrogen-bond acceptors (Lipinski definition) is 3. The summed E-state index contributed by atoms with van der Waals surface area (Å²) in [6, 6.07) is 5.11. The second-order valence-corrected chi connectivity index (χ2v) is 5.20. The molecule has 2 aromatic rings. The van der Waals surface area contributed by atoms with Crippen LogP contribution in [-0.2, 0) is 0 Å². The third-order valence-electron chi connectivity index (χ3n) is 3.85. The minimum Gasteiger partial charge on any atom is -0.398 e. The summed E-state index contributed by atoms with van der Waals surface area (Å²) in [7, 11) is 0. The summed E-state index contributed by atoms with van der Waals surface area (Å²) in [5.41, 5.74) is 6.56. The normalized spacial score (nSPS) is 16.7. The maximum atomic E-state index is 13.8. The first kappa shape index (κ1) is 12.2. The molecule has 0 spiro atoms. The van der Waals surface area contributed by atoms with Crippen LogP contribution in [0.5, 0.6) is 0 Å². The number of hydrogen-bond donors (Lipinski definition) is 2. The first-order valence-corrected chi connectivity index (χ1v) is 6.85. The fourth-order valence-electron chi connectivity index (χ4n) is 2.84. The highest BCUT2D eigenvalue weighted by atomic mass is 19.1. The lowest BCUT2D eigenvalue weighted by Gasteiger charge is -2.24. The lowest BCUT2D eigenvalue weighted by molar-refractivity contribution is 0.462. The molecule has 0 amide bonds. The van der Waals surface area contributed by atoms with E-state index in [0.29, 0.717) is 28.3 Å². The van der Waals surface area contributed by atoms with E-state index < -0.39 is 0 Å². The summed E-state index contributed by atoms with van der Waals surface area (Å²) in [6.07, 6.45) is 7.72. The van der Waals surface area contributed by atoms with Crippen LogP contribution in [-0.4, -0.2) is 11.0 Å². The fraction of sp³-hybridized carbons (Fsp3) is 0.400. The number of nitrogen functional groups attached to an aromatic ring is 1. The van der Waals surface area contributed by atoms with Crippen molar-refractivity contribution in [2.75, 3.05) is 11.1 Å². The van der Waals surface area contributed by atoms with Gasteiger partial charge in [0.05, 0.1) is 5.39 Å². The van der Waals surface area contributed by atoms with Gasteiger partial charge in [0.25, 0.3) is 0 Å². The summed E-state index contributed by atoms with van der Waals surface area (Å²) in [6.45, 7) is 0. The van der Waals surface area contributed by atoms with Gasteiger partial charge in [-0.05, 0) is 31.0 Å². The summed E-state index contributed by atoms with van der Waals surface area (Å²) >= 11 is 0. The van der Waals surface area contributed by atoms with Crippen molar-refractivity contribution in [3.8, 4) is 0 Å². The van der Waals surface area contributed by atoms with Crippen LogP contribution in [0.4, 0.5) is 15.9 Å². The lowest BCUT2D eigenvalue weighted by Crippen LogP contribution is -2.23. The van der Waals surface area contributed by atoms with Gasteiger partial charge in [-0.3, -0.25) is 0 Å². The molecule has 0 radical (unpaired) electrons. The average Bonchev–Trinajstić information content (AvgIpc) is 2.44. The fourth-order valence-corrected chi connectivity index (χ4v) is 2.84. The molecule has 4 heteroatoms. The second-order valence-electron chi connectivity index (χ2n) is 5.20. The Morgan fingerprint density at radius 2 is 1.95 bits per heavy atom. The number of fused-ring (bicyclic) bond motifs is 1. The summed E-state index contributed by atoms with van der Waals surface area (Å²) in [5, 5.41) is 4.67. The zero-order valence-corrected chi connectivity index (χ0v) is 10.8. The molecule has 3 N–H and O–H groups in total. The van der Waals surface area contributed by atoms with Gasteiger partial charge in [0, 0.05) is 23.3 Å². The molecule has 1 fully saturated rings. The third kappa shape index (κ3) is 2.35. The van der Waals surface area contributed by atoms with Crippen molar-refractivity contribution in [2.24, 2.45) is 0 Å². The summed E-state index contributed by atoms with van der Waals surface area (Å²) in [5.74, 6) is 0.458. The molecule has 3 rings (SSSR count). The number of anilines is 2. The van der Waals surface area contributed by atoms with Crippen molar-refractivity contribution in [3.05, 3.63) is 30.2 Å². The molecule has 0 aliphatic heterocycles. The Morgan fingerprint density at radius 1 is 1.16 bits per heavy atom. The molecule has 0 atom stereocenters. The maximum absolute atomic E-state index is 13.8. The minimum atomic E-state index is -0.252. The van der Waals surface area contributed by atoms with Crippen LogP contribution in [0.2, 0.25) is 0 Å².